The fourth-order valence-corrected chi connectivity index (χ4v) is 3.39. The van der Waals surface area contributed by atoms with Gasteiger partial charge in [0.25, 0.3) is 0 Å². The third-order valence-corrected chi connectivity index (χ3v) is 4.68. The number of alkyl halides is 3. The summed E-state index contributed by atoms with van der Waals surface area (Å²) in [4.78, 5) is 14.4. The van der Waals surface area contributed by atoms with Gasteiger partial charge in [-0.05, 0) is 29.8 Å². The fraction of sp³-hybridized carbons (Fsp3) is 0.316. The quantitative estimate of drug-likeness (QED) is 0.821. The van der Waals surface area contributed by atoms with Crippen molar-refractivity contribution in [3.63, 3.8) is 0 Å². The Bertz CT molecular complexity index is 813. The van der Waals surface area contributed by atoms with Crippen molar-refractivity contribution < 1.29 is 18.0 Å². The molecule has 0 spiro atoms. The van der Waals surface area contributed by atoms with Crippen LogP contribution in [0.15, 0.2) is 48.5 Å². The molecule has 1 aliphatic rings. The maximum Gasteiger partial charge on any atom is 0.418 e. The SMILES string of the molecule is O=C(CN1CCNCC1c1cccc(Cl)c1)Nc1ccccc1C(F)(F)F. The molecule has 0 aliphatic carbocycles. The van der Waals surface area contributed by atoms with E-state index in [0.717, 1.165) is 11.6 Å². The van der Waals surface area contributed by atoms with Gasteiger partial charge in [0, 0.05) is 30.7 Å². The highest BCUT2D eigenvalue weighted by Gasteiger charge is 2.34. The smallest absolute Gasteiger partial charge is 0.324 e. The van der Waals surface area contributed by atoms with Gasteiger partial charge in [-0.1, -0.05) is 35.9 Å². The number of halogens is 4. The van der Waals surface area contributed by atoms with E-state index in [-0.39, 0.29) is 18.3 Å². The van der Waals surface area contributed by atoms with E-state index < -0.39 is 17.6 Å². The molecule has 1 aliphatic heterocycles. The molecule has 4 nitrogen and oxygen atoms in total. The fourth-order valence-electron chi connectivity index (χ4n) is 3.19. The third-order valence-electron chi connectivity index (χ3n) is 4.44. The average molecular weight is 398 g/mol. The zero-order chi connectivity index (χ0) is 19.4. The molecule has 2 aromatic carbocycles. The van der Waals surface area contributed by atoms with Gasteiger partial charge < -0.3 is 10.6 Å². The van der Waals surface area contributed by atoms with Crippen LogP contribution in [0.2, 0.25) is 5.02 Å². The highest BCUT2D eigenvalue weighted by molar-refractivity contribution is 6.30. The molecule has 0 bridgehead atoms. The number of hydrogen-bond acceptors (Lipinski definition) is 3. The van der Waals surface area contributed by atoms with Gasteiger partial charge in [-0.15, -0.1) is 0 Å². The van der Waals surface area contributed by atoms with Gasteiger partial charge in [-0.2, -0.15) is 13.2 Å². The number of nitrogens with zero attached hydrogens (tertiary/aromatic N) is 1. The predicted molar refractivity (Wildman–Crippen MR) is 98.7 cm³/mol. The topological polar surface area (TPSA) is 44.4 Å². The zero-order valence-corrected chi connectivity index (χ0v) is 15.1. The number of rotatable bonds is 4. The van der Waals surface area contributed by atoms with E-state index in [1.165, 1.54) is 18.2 Å². The molecule has 3 rings (SSSR count). The normalized spacial score (nSPS) is 18.3. The molecule has 27 heavy (non-hydrogen) atoms. The molecule has 1 heterocycles. The summed E-state index contributed by atoms with van der Waals surface area (Å²) in [5.74, 6) is -0.486. The summed E-state index contributed by atoms with van der Waals surface area (Å²) in [7, 11) is 0. The van der Waals surface area contributed by atoms with Crippen LogP contribution in [0.4, 0.5) is 18.9 Å². The molecule has 1 fully saturated rings. The van der Waals surface area contributed by atoms with E-state index in [9.17, 15) is 18.0 Å². The van der Waals surface area contributed by atoms with E-state index in [2.05, 4.69) is 10.6 Å². The van der Waals surface area contributed by atoms with Crippen molar-refractivity contribution in [1.29, 1.82) is 0 Å². The van der Waals surface area contributed by atoms with Gasteiger partial charge in [0.05, 0.1) is 17.8 Å². The van der Waals surface area contributed by atoms with Crippen LogP contribution in [0.5, 0.6) is 0 Å². The van der Waals surface area contributed by atoms with Crippen LogP contribution in [0.1, 0.15) is 17.2 Å². The maximum atomic E-state index is 13.1. The summed E-state index contributed by atoms with van der Waals surface area (Å²) >= 11 is 6.06. The largest absolute Gasteiger partial charge is 0.418 e. The lowest BCUT2D eigenvalue weighted by molar-refractivity contribution is -0.137. The molecule has 0 aromatic heterocycles. The van der Waals surface area contributed by atoms with E-state index >= 15 is 0 Å². The van der Waals surface area contributed by atoms with Crippen molar-refractivity contribution in [2.75, 3.05) is 31.5 Å². The second kappa shape index (κ2) is 8.29. The van der Waals surface area contributed by atoms with Crippen molar-refractivity contribution in [1.82, 2.24) is 10.2 Å². The Kier molecular flexibility index (Phi) is 6.04. The van der Waals surface area contributed by atoms with Gasteiger partial charge in [-0.3, -0.25) is 9.69 Å². The molecule has 0 radical (unpaired) electrons. The number of amides is 1. The minimum absolute atomic E-state index is 0.00888. The number of piperazine rings is 1. The molecule has 1 amide bonds. The number of anilines is 1. The second-order valence-corrected chi connectivity index (χ2v) is 6.77. The minimum Gasteiger partial charge on any atom is -0.324 e. The van der Waals surface area contributed by atoms with Crippen molar-refractivity contribution in [2.45, 2.75) is 12.2 Å². The molecular weight excluding hydrogens is 379 g/mol. The van der Waals surface area contributed by atoms with Crippen LogP contribution >= 0.6 is 11.6 Å². The first-order valence-electron chi connectivity index (χ1n) is 8.51. The lowest BCUT2D eigenvalue weighted by Gasteiger charge is -2.36. The van der Waals surface area contributed by atoms with Crippen LogP contribution in [0.25, 0.3) is 0 Å². The van der Waals surface area contributed by atoms with E-state index in [4.69, 9.17) is 11.6 Å². The van der Waals surface area contributed by atoms with Crippen LogP contribution in [0, 0.1) is 0 Å². The lowest BCUT2D eigenvalue weighted by Crippen LogP contribution is -2.48. The Balaban J connectivity index is 1.73. The lowest BCUT2D eigenvalue weighted by atomic mass is 10.0. The maximum absolute atomic E-state index is 13.1. The highest BCUT2D eigenvalue weighted by atomic mass is 35.5. The van der Waals surface area contributed by atoms with Crippen LogP contribution in [0.3, 0.4) is 0 Å². The van der Waals surface area contributed by atoms with Gasteiger partial charge in [0.15, 0.2) is 0 Å². The first-order valence-corrected chi connectivity index (χ1v) is 8.88. The molecule has 8 heteroatoms. The molecule has 2 aromatic rings. The number of carbonyl (C=O) groups excluding carboxylic acids is 1. The Morgan fingerprint density at radius 1 is 1.22 bits per heavy atom. The predicted octanol–water partition coefficient (Wildman–Crippen LogP) is 3.94. The number of carbonyl (C=O) groups is 1. The van der Waals surface area contributed by atoms with Crippen molar-refractivity contribution in [3.05, 3.63) is 64.7 Å². The number of para-hydroxylation sites is 1. The first kappa shape index (κ1) is 19.7. The summed E-state index contributed by atoms with van der Waals surface area (Å²) < 4.78 is 39.3. The molecule has 0 saturated carbocycles. The van der Waals surface area contributed by atoms with E-state index in [1.807, 2.05) is 23.1 Å². The Morgan fingerprint density at radius 3 is 2.74 bits per heavy atom. The minimum atomic E-state index is -4.53. The Morgan fingerprint density at radius 2 is 2.00 bits per heavy atom. The number of benzene rings is 2. The highest BCUT2D eigenvalue weighted by Crippen LogP contribution is 2.34. The van der Waals surface area contributed by atoms with Crippen molar-refractivity contribution in [2.24, 2.45) is 0 Å². The standard InChI is InChI=1S/C19H19ClF3N3O/c20-14-5-3-4-13(10-14)17-11-24-8-9-26(17)12-18(27)25-16-7-2-1-6-15(16)19(21,22)23/h1-7,10,17,24H,8-9,11-12H2,(H,25,27). The first-order chi connectivity index (χ1) is 12.8. The summed E-state index contributed by atoms with van der Waals surface area (Å²) in [5, 5.41) is 6.27. The molecule has 144 valence electrons. The summed E-state index contributed by atoms with van der Waals surface area (Å²) in [5.41, 5.74) is -0.132. The van der Waals surface area contributed by atoms with Gasteiger partial charge in [-0.25, -0.2) is 0 Å². The Labute approximate surface area is 160 Å². The summed E-state index contributed by atoms with van der Waals surface area (Å²) in [6.45, 7) is 1.92. The second-order valence-electron chi connectivity index (χ2n) is 6.34. The van der Waals surface area contributed by atoms with Crippen LogP contribution in [-0.4, -0.2) is 37.0 Å². The van der Waals surface area contributed by atoms with Crippen molar-refractivity contribution in [3.8, 4) is 0 Å². The molecule has 1 unspecified atom stereocenters. The van der Waals surface area contributed by atoms with Gasteiger partial charge >= 0.3 is 6.18 Å². The van der Waals surface area contributed by atoms with E-state index in [1.54, 1.807) is 6.07 Å². The Hall–Kier alpha value is -2.09. The third kappa shape index (κ3) is 5.00. The zero-order valence-electron chi connectivity index (χ0n) is 14.4. The average Bonchev–Trinajstić information content (AvgIpc) is 2.61. The molecular formula is C19H19ClF3N3O. The van der Waals surface area contributed by atoms with Crippen molar-refractivity contribution >= 4 is 23.2 Å². The van der Waals surface area contributed by atoms with Gasteiger partial charge in [0.1, 0.15) is 0 Å². The monoisotopic (exact) mass is 397 g/mol. The van der Waals surface area contributed by atoms with E-state index in [0.29, 0.717) is 24.7 Å². The molecule has 2 N–H and O–H groups in total. The summed E-state index contributed by atoms with van der Waals surface area (Å²) in [6, 6.07) is 12.3. The summed E-state index contributed by atoms with van der Waals surface area (Å²) in [6.07, 6.45) is -4.53. The van der Waals surface area contributed by atoms with Crippen LogP contribution < -0.4 is 10.6 Å². The number of nitrogens with one attached hydrogen (secondary N) is 2. The number of hydrogen-bond donors (Lipinski definition) is 2. The van der Waals surface area contributed by atoms with Gasteiger partial charge in [0.2, 0.25) is 5.91 Å². The molecule has 1 atom stereocenters. The molecule has 1 saturated heterocycles. The van der Waals surface area contributed by atoms with Crippen LogP contribution in [-0.2, 0) is 11.0 Å².